The van der Waals surface area contributed by atoms with Gasteiger partial charge in [0, 0.05) is 5.54 Å². The molecule has 0 aliphatic heterocycles. The Kier molecular flexibility index (Phi) is 3.20. The summed E-state index contributed by atoms with van der Waals surface area (Å²) in [6, 6.07) is 0. The van der Waals surface area contributed by atoms with Gasteiger partial charge in [-0.2, -0.15) is 0 Å². The first-order chi connectivity index (χ1) is 8.26. The molecule has 0 atom stereocenters. The largest absolute Gasteiger partial charge is 0.394 e. The van der Waals surface area contributed by atoms with Crippen molar-refractivity contribution in [3.63, 3.8) is 0 Å². The van der Waals surface area contributed by atoms with Crippen molar-refractivity contribution in [2.75, 3.05) is 13.2 Å². The molecule has 0 aromatic rings. The Morgan fingerprint density at radius 2 is 1.59 bits per heavy atom. The summed E-state index contributed by atoms with van der Waals surface area (Å²) in [4.78, 5) is 0. The average Bonchev–Trinajstić information content (AvgIpc) is 3.10. The van der Waals surface area contributed by atoms with Crippen molar-refractivity contribution in [1.82, 2.24) is 5.32 Å². The van der Waals surface area contributed by atoms with Gasteiger partial charge in [-0.25, -0.2) is 0 Å². The minimum Gasteiger partial charge on any atom is -0.394 e. The van der Waals surface area contributed by atoms with Crippen LogP contribution in [-0.2, 0) is 0 Å². The van der Waals surface area contributed by atoms with E-state index < -0.39 is 0 Å². The van der Waals surface area contributed by atoms with Crippen LogP contribution < -0.4 is 5.32 Å². The monoisotopic (exact) mass is 237 g/mol. The van der Waals surface area contributed by atoms with E-state index in [0.717, 1.165) is 12.5 Å². The fourth-order valence-corrected chi connectivity index (χ4v) is 3.96. The first-order valence-corrected chi connectivity index (χ1v) is 7.62. The number of aliphatic hydroxyl groups is 1. The molecule has 0 aromatic heterocycles. The van der Waals surface area contributed by atoms with Crippen LogP contribution >= 0.6 is 0 Å². The number of rotatable bonds is 4. The second-order valence-electron chi connectivity index (χ2n) is 6.97. The topological polar surface area (TPSA) is 32.3 Å². The maximum absolute atomic E-state index is 9.74. The van der Waals surface area contributed by atoms with Crippen molar-refractivity contribution in [3.8, 4) is 0 Å². The smallest absolute Gasteiger partial charge is 0.0613 e. The minimum atomic E-state index is 0.0798. The highest BCUT2D eigenvalue weighted by Gasteiger charge is 2.43. The first-order valence-electron chi connectivity index (χ1n) is 7.62. The quantitative estimate of drug-likeness (QED) is 0.788. The Morgan fingerprint density at radius 1 is 0.941 bits per heavy atom. The maximum atomic E-state index is 9.74. The molecule has 1 spiro atoms. The molecule has 3 saturated carbocycles. The van der Waals surface area contributed by atoms with E-state index >= 15 is 0 Å². The van der Waals surface area contributed by atoms with Crippen molar-refractivity contribution in [2.24, 2.45) is 11.3 Å². The molecule has 0 amide bonds. The van der Waals surface area contributed by atoms with E-state index in [1.165, 1.54) is 64.2 Å². The molecule has 17 heavy (non-hydrogen) atoms. The Balaban J connectivity index is 1.55. The summed E-state index contributed by atoms with van der Waals surface area (Å²) in [7, 11) is 0. The molecule has 0 unspecified atom stereocenters. The van der Waals surface area contributed by atoms with Gasteiger partial charge in [-0.15, -0.1) is 0 Å². The van der Waals surface area contributed by atoms with Crippen molar-refractivity contribution in [1.29, 1.82) is 0 Å². The zero-order valence-corrected chi connectivity index (χ0v) is 11.0. The molecule has 2 heteroatoms. The molecule has 3 rings (SSSR count). The standard InChI is InChI=1S/C15H27NO/c17-12-15(16-11-13-3-4-13)9-7-14(8-10-15)5-1-2-6-14/h13,16-17H,1-12H2. The van der Waals surface area contributed by atoms with E-state index in [0.29, 0.717) is 12.0 Å². The van der Waals surface area contributed by atoms with Crippen LogP contribution in [0.25, 0.3) is 0 Å². The lowest BCUT2D eigenvalue weighted by atomic mass is 9.66. The summed E-state index contributed by atoms with van der Waals surface area (Å²) in [5.74, 6) is 0.917. The van der Waals surface area contributed by atoms with Gasteiger partial charge in [-0.05, 0) is 69.2 Å². The molecule has 0 heterocycles. The van der Waals surface area contributed by atoms with Gasteiger partial charge >= 0.3 is 0 Å². The number of hydrogen-bond donors (Lipinski definition) is 2. The van der Waals surface area contributed by atoms with Crippen LogP contribution in [-0.4, -0.2) is 23.8 Å². The molecular formula is C15H27NO. The summed E-state index contributed by atoms with van der Waals surface area (Å²) in [5, 5.41) is 13.4. The molecule has 0 radical (unpaired) electrons. The summed E-state index contributed by atoms with van der Waals surface area (Å²) in [6.07, 6.45) is 13.7. The van der Waals surface area contributed by atoms with Gasteiger partial charge in [0.05, 0.1) is 6.61 Å². The Bertz CT molecular complexity index is 256. The lowest BCUT2D eigenvalue weighted by molar-refractivity contribution is 0.0621. The summed E-state index contributed by atoms with van der Waals surface area (Å²) in [5.41, 5.74) is 0.760. The Morgan fingerprint density at radius 3 is 2.12 bits per heavy atom. The van der Waals surface area contributed by atoms with Crippen LogP contribution in [0.1, 0.15) is 64.2 Å². The SMILES string of the molecule is OCC1(NCC2CC2)CCC2(CCCC2)CC1. The summed E-state index contributed by atoms with van der Waals surface area (Å²) in [6.45, 7) is 1.49. The zero-order valence-electron chi connectivity index (χ0n) is 11.0. The van der Waals surface area contributed by atoms with E-state index in [4.69, 9.17) is 0 Å². The van der Waals surface area contributed by atoms with E-state index in [2.05, 4.69) is 5.32 Å². The number of nitrogens with one attached hydrogen (secondary N) is 1. The Labute approximate surface area is 105 Å². The normalized spacial score (nSPS) is 30.9. The fourth-order valence-electron chi connectivity index (χ4n) is 3.96. The predicted octanol–water partition coefficient (Wildman–Crippen LogP) is 2.85. The summed E-state index contributed by atoms with van der Waals surface area (Å²) >= 11 is 0. The number of aliphatic hydroxyl groups excluding tert-OH is 1. The molecule has 0 aromatic carbocycles. The van der Waals surface area contributed by atoms with E-state index in [9.17, 15) is 5.11 Å². The van der Waals surface area contributed by atoms with Crippen molar-refractivity contribution >= 4 is 0 Å². The van der Waals surface area contributed by atoms with E-state index in [-0.39, 0.29) is 5.54 Å². The predicted molar refractivity (Wildman–Crippen MR) is 69.9 cm³/mol. The van der Waals surface area contributed by atoms with Crippen molar-refractivity contribution in [3.05, 3.63) is 0 Å². The first kappa shape index (κ1) is 12.0. The molecule has 2 nitrogen and oxygen atoms in total. The molecule has 2 N–H and O–H groups in total. The van der Waals surface area contributed by atoms with Crippen molar-refractivity contribution in [2.45, 2.75) is 69.7 Å². The lowest BCUT2D eigenvalue weighted by Crippen LogP contribution is -2.53. The van der Waals surface area contributed by atoms with Gasteiger partial charge in [0.15, 0.2) is 0 Å². The molecular weight excluding hydrogens is 210 g/mol. The molecule has 3 aliphatic carbocycles. The third-order valence-corrected chi connectivity index (χ3v) is 5.70. The third kappa shape index (κ3) is 2.53. The molecule has 0 bridgehead atoms. The zero-order chi connectivity index (χ0) is 11.8. The average molecular weight is 237 g/mol. The van der Waals surface area contributed by atoms with Crippen LogP contribution in [0.5, 0.6) is 0 Å². The van der Waals surface area contributed by atoms with Crippen LogP contribution in [0.3, 0.4) is 0 Å². The molecule has 98 valence electrons. The second-order valence-corrected chi connectivity index (χ2v) is 6.97. The van der Waals surface area contributed by atoms with Gasteiger partial charge in [-0.1, -0.05) is 12.8 Å². The minimum absolute atomic E-state index is 0.0798. The number of hydrogen-bond acceptors (Lipinski definition) is 2. The summed E-state index contributed by atoms with van der Waals surface area (Å²) < 4.78 is 0. The highest BCUT2D eigenvalue weighted by molar-refractivity contribution is 4.99. The fraction of sp³-hybridized carbons (Fsp3) is 1.00. The van der Waals surface area contributed by atoms with Gasteiger partial charge in [0.1, 0.15) is 0 Å². The molecule has 3 fully saturated rings. The van der Waals surface area contributed by atoms with Gasteiger partial charge < -0.3 is 10.4 Å². The van der Waals surface area contributed by atoms with Crippen LogP contribution in [0.2, 0.25) is 0 Å². The highest BCUT2D eigenvalue weighted by Crippen LogP contribution is 2.51. The van der Waals surface area contributed by atoms with Crippen LogP contribution in [0.4, 0.5) is 0 Å². The van der Waals surface area contributed by atoms with E-state index in [1.54, 1.807) is 0 Å². The van der Waals surface area contributed by atoms with Crippen LogP contribution in [0, 0.1) is 11.3 Å². The van der Waals surface area contributed by atoms with Gasteiger partial charge in [-0.3, -0.25) is 0 Å². The van der Waals surface area contributed by atoms with Gasteiger partial charge in [0.2, 0.25) is 0 Å². The Hall–Kier alpha value is -0.0800. The molecule has 3 aliphatic rings. The van der Waals surface area contributed by atoms with E-state index in [1.807, 2.05) is 0 Å². The third-order valence-electron chi connectivity index (χ3n) is 5.70. The second kappa shape index (κ2) is 4.55. The van der Waals surface area contributed by atoms with Gasteiger partial charge in [0.25, 0.3) is 0 Å². The van der Waals surface area contributed by atoms with Crippen LogP contribution in [0.15, 0.2) is 0 Å². The highest BCUT2D eigenvalue weighted by atomic mass is 16.3. The molecule has 0 saturated heterocycles. The van der Waals surface area contributed by atoms with Crippen molar-refractivity contribution < 1.29 is 5.11 Å². The lowest BCUT2D eigenvalue weighted by Gasteiger charge is -2.45. The maximum Gasteiger partial charge on any atom is 0.0613 e.